The smallest absolute Gasteiger partial charge is 0.257 e. The number of nitrogens with zero attached hydrogens (tertiary/aromatic N) is 1. The number of hydrogen-bond donors (Lipinski definition) is 2. The minimum Gasteiger partial charge on any atom is -0.493 e. The summed E-state index contributed by atoms with van der Waals surface area (Å²) in [6.45, 7) is 5.10. The summed E-state index contributed by atoms with van der Waals surface area (Å²) >= 11 is 5.26. The van der Waals surface area contributed by atoms with Crippen molar-refractivity contribution in [2.75, 3.05) is 39.7 Å². The average Bonchev–Trinajstić information content (AvgIpc) is 2.78. The number of anilines is 1. The molecule has 0 aliphatic heterocycles. The van der Waals surface area contributed by atoms with Crippen LogP contribution in [0, 0.1) is 0 Å². The van der Waals surface area contributed by atoms with Gasteiger partial charge in [0.25, 0.3) is 11.8 Å². The van der Waals surface area contributed by atoms with E-state index < -0.39 is 5.91 Å². The highest BCUT2D eigenvalue weighted by Gasteiger charge is 2.18. The normalized spacial score (nSPS) is 10.1. The fourth-order valence-electron chi connectivity index (χ4n) is 2.97. The molecule has 0 fully saturated rings. The summed E-state index contributed by atoms with van der Waals surface area (Å²) in [6.07, 6.45) is 0. The van der Waals surface area contributed by atoms with Crippen LogP contribution >= 0.6 is 12.2 Å². The summed E-state index contributed by atoms with van der Waals surface area (Å²) in [6, 6.07) is 10.0. The van der Waals surface area contributed by atoms with Crippen LogP contribution in [0.5, 0.6) is 17.2 Å². The maximum Gasteiger partial charge on any atom is 0.257 e. The van der Waals surface area contributed by atoms with Gasteiger partial charge in [0.05, 0.1) is 21.3 Å². The van der Waals surface area contributed by atoms with Crippen LogP contribution in [0.2, 0.25) is 0 Å². The molecule has 0 unspecified atom stereocenters. The van der Waals surface area contributed by atoms with Gasteiger partial charge in [-0.15, -0.1) is 0 Å². The van der Waals surface area contributed by atoms with Gasteiger partial charge in [-0.2, -0.15) is 0 Å². The van der Waals surface area contributed by atoms with Gasteiger partial charge in [-0.25, -0.2) is 0 Å². The van der Waals surface area contributed by atoms with Crippen LogP contribution < -0.4 is 24.8 Å². The van der Waals surface area contributed by atoms with E-state index in [2.05, 4.69) is 10.6 Å². The van der Waals surface area contributed by atoms with Crippen LogP contribution in [0.4, 0.5) is 5.69 Å². The number of ether oxygens (including phenoxy) is 3. The van der Waals surface area contributed by atoms with E-state index >= 15 is 0 Å². The highest BCUT2D eigenvalue weighted by Crippen LogP contribution is 2.38. The van der Waals surface area contributed by atoms with E-state index in [4.69, 9.17) is 26.4 Å². The van der Waals surface area contributed by atoms with Gasteiger partial charge in [0, 0.05) is 29.9 Å². The van der Waals surface area contributed by atoms with Crippen LogP contribution in [0.3, 0.4) is 0 Å². The Hall–Kier alpha value is -3.33. The standard InChI is InChI=1S/C22H27N3O5S/c1-6-25(7-2)21(27)14-9-8-10-16(11-14)23-22(31)24-20(26)15-12-17(28-3)19(30-5)18(13-15)29-4/h8-13H,6-7H2,1-5H3,(H2,23,24,26,31). The quantitative estimate of drug-likeness (QED) is 0.603. The molecule has 2 aromatic carbocycles. The number of nitrogens with one attached hydrogen (secondary N) is 2. The maximum atomic E-state index is 12.7. The molecule has 0 saturated carbocycles. The Kier molecular flexibility index (Phi) is 8.63. The van der Waals surface area contributed by atoms with Crippen molar-refractivity contribution in [3.05, 3.63) is 47.5 Å². The second kappa shape index (κ2) is 11.2. The van der Waals surface area contributed by atoms with E-state index in [-0.39, 0.29) is 16.6 Å². The summed E-state index contributed by atoms with van der Waals surface area (Å²) < 4.78 is 15.8. The van der Waals surface area contributed by atoms with Gasteiger partial charge in [-0.1, -0.05) is 6.07 Å². The zero-order valence-corrected chi connectivity index (χ0v) is 19.1. The van der Waals surface area contributed by atoms with E-state index in [0.717, 1.165) is 0 Å². The molecule has 0 heterocycles. The molecule has 2 rings (SSSR count). The van der Waals surface area contributed by atoms with Gasteiger partial charge in [0.15, 0.2) is 16.6 Å². The number of hydrogen-bond acceptors (Lipinski definition) is 6. The summed E-state index contributed by atoms with van der Waals surface area (Å²) in [5.41, 5.74) is 1.41. The van der Waals surface area contributed by atoms with Gasteiger partial charge in [0.1, 0.15) is 0 Å². The van der Waals surface area contributed by atoms with E-state index in [1.165, 1.54) is 33.5 Å². The van der Waals surface area contributed by atoms with Crippen LogP contribution in [0.1, 0.15) is 34.6 Å². The number of carbonyl (C=O) groups excluding carboxylic acids is 2. The molecule has 0 aliphatic carbocycles. The molecule has 0 aliphatic rings. The fourth-order valence-corrected chi connectivity index (χ4v) is 3.18. The second-order valence-electron chi connectivity index (χ2n) is 6.38. The Morgan fingerprint density at radius 1 is 0.935 bits per heavy atom. The first kappa shape index (κ1) is 23.9. The third-order valence-electron chi connectivity index (χ3n) is 4.57. The summed E-state index contributed by atoms with van der Waals surface area (Å²) in [5, 5.41) is 5.64. The van der Waals surface area contributed by atoms with Crippen molar-refractivity contribution in [2.24, 2.45) is 0 Å². The fraction of sp³-hybridized carbons (Fsp3) is 0.318. The molecule has 8 nitrogen and oxygen atoms in total. The molecule has 31 heavy (non-hydrogen) atoms. The lowest BCUT2D eigenvalue weighted by molar-refractivity contribution is 0.0772. The lowest BCUT2D eigenvalue weighted by atomic mass is 10.1. The lowest BCUT2D eigenvalue weighted by Crippen LogP contribution is -2.34. The molecule has 0 radical (unpaired) electrons. The van der Waals surface area contributed by atoms with Crippen LogP contribution in [0.15, 0.2) is 36.4 Å². The maximum absolute atomic E-state index is 12.7. The molecular formula is C22H27N3O5S. The molecule has 166 valence electrons. The van der Waals surface area contributed by atoms with E-state index in [1.54, 1.807) is 29.2 Å². The molecule has 2 amide bonds. The predicted octanol–water partition coefficient (Wildman–Crippen LogP) is 3.32. The SMILES string of the molecule is CCN(CC)C(=O)c1cccc(NC(=S)NC(=O)c2cc(OC)c(OC)c(OC)c2)c1. The molecule has 9 heteroatoms. The number of rotatable bonds is 8. The topological polar surface area (TPSA) is 89.1 Å². The zero-order chi connectivity index (χ0) is 23.0. The molecule has 0 aromatic heterocycles. The first-order chi connectivity index (χ1) is 14.9. The monoisotopic (exact) mass is 445 g/mol. The summed E-state index contributed by atoms with van der Waals surface area (Å²) in [7, 11) is 4.42. The Morgan fingerprint density at radius 3 is 2.06 bits per heavy atom. The molecule has 0 spiro atoms. The number of amides is 2. The van der Waals surface area contributed by atoms with Crippen molar-refractivity contribution in [1.82, 2.24) is 10.2 Å². The number of thiocarbonyl (C=S) groups is 1. The second-order valence-corrected chi connectivity index (χ2v) is 6.79. The van der Waals surface area contributed by atoms with E-state index in [9.17, 15) is 9.59 Å². The predicted molar refractivity (Wildman–Crippen MR) is 123 cm³/mol. The first-order valence-electron chi connectivity index (χ1n) is 9.70. The van der Waals surface area contributed by atoms with Gasteiger partial charge in [-0.3, -0.25) is 14.9 Å². The van der Waals surface area contributed by atoms with Crippen molar-refractivity contribution in [3.8, 4) is 17.2 Å². The highest BCUT2D eigenvalue weighted by atomic mass is 32.1. The molecule has 0 saturated heterocycles. The molecule has 0 atom stereocenters. The molecule has 2 aromatic rings. The number of methoxy groups -OCH3 is 3. The van der Waals surface area contributed by atoms with E-state index in [1.807, 2.05) is 13.8 Å². The Labute approximate surface area is 187 Å². The van der Waals surface area contributed by atoms with Gasteiger partial charge in [-0.05, 0) is 56.4 Å². The van der Waals surface area contributed by atoms with Gasteiger partial charge in [0.2, 0.25) is 5.75 Å². The first-order valence-corrected chi connectivity index (χ1v) is 10.1. The number of benzene rings is 2. The van der Waals surface area contributed by atoms with Crippen molar-refractivity contribution in [2.45, 2.75) is 13.8 Å². The molecular weight excluding hydrogens is 418 g/mol. The Bertz CT molecular complexity index is 935. The third kappa shape index (κ3) is 5.85. The van der Waals surface area contributed by atoms with Crippen LogP contribution in [-0.2, 0) is 0 Å². The minimum absolute atomic E-state index is 0.0685. The van der Waals surface area contributed by atoms with Crippen molar-refractivity contribution in [3.63, 3.8) is 0 Å². The average molecular weight is 446 g/mol. The minimum atomic E-state index is -0.452. The third-order valence-corrected chi connectivity index (χ3v) is 4.78. The van der Waals surface area contributed by atoms with Gasteiger partial charge < -0.3 is 24.4 Å². The van der Waals surface area contributed by atoms with Gasteiger partial charge >= 0.3 is 0 Å². The van der Waals surface area contributed by atoms with Crippen molar-refractivity contribution < 1.29 is 23.8 Å². The lowest BCUT2D eigenvalue weighted by Gasteiger charge is -2.19. The summed E-state index contributed by atoms with van der Waals surface area (Å²) in [5.74, 6) is 0.576. The van der Waals surface area contributed by atoms with Crippen molar-refractivity contribution in [1.29, 1.82) is 0 Å². The number of carbonyl (C=O) groups is 2. The largest absolute Gasteiger partial charge is 0.493 e. The van der Waals surface area contributed by atoms with E-state index in [0.29, 0.717) is 41.6 Å². The van der Waals surface area contributed by atoms with Crippen LogP contribution in [0.25, 0.3) is 0 Å². The Balaban J connectivity index is 2.14. The highest BCUT2D eigenvalue weighted by molar-refractivity contribution is 7.80. The van der Waals surface area contributed by atoms with Crippen LogP contribution in [-0.4, -0.2) is 56.2 Å². The van der Waals surface area contributed by atoms with Crippen molar-refractivity contribution >= 4 is 34.8 Å². The molecule has 2 N–H and O–H groups in total. The Morgan fingerprint density at radius 2 is 1.55 bits per heavy atom. The molecule has 0 bridgehead atoms. The summed E-state index contributed by atoms with van der Waals surface area (Å²) in [4.78, 5) is 26.9. The zero-order valence-electron chi connectivity index (χ0n) is 18.3.